The number of benzene rings is 1. The Hall–Kier alpha value is -1.15. The lowest BCUT2D eigenvalue weighted by Gasteiger charge is -2.44. The summed E-state index contributed by atoms with van der Waals surface area (Å²) in [7, 11) is 0. The summed E-state index contributed by atoms with van der Waals surface area (Å²) in [6.45, 7) is 13.5. The molecule has 1 aromatic heterocycles. The number of nitrogens with zero attached hydrogens (tertiary/aromatic N) is 2. The van der Waals surface area contributed by atoms with E-state index < -0.39 is 0 Å². The normalized spacial score (nSPS) is 15.6. The topological polar surface area (TPSA) is 25.8 Å². The minimum Gasteiger partial charge on any atom is -0.253 e. The fourth-order valence-electron chi connectivity index (χ4n) is 2.78. The van der Waals surface area contributed by atoms with Crippen LogP contribution in [0.25, 0.3) is 11.0 Å². The predicted octanol–water partition coefficient (Wildman–Crippen LogP) is 5.24. The van der Waals surface area contributed by atoms with Crippen molar-refractivity contribution in [3.63, 3.8) is 0 Å². The van der Waals surface area contributed by atoms with E-state index in [2.05, 4.69) is 46.5 Å². The first-order valence-electron chi connectivity index (χ1n) is 7.09. The minimum atomic E-state index is -0.0451. The molecule has 0 aliphatic carbocycles. The van der Waals surface area contributed by atoms with Crippen LogP contribution in [0.2, 0.25) is 5.02 Å². The van der Waals surface area contributed by atoms with E-state index in [1.807, 2.05) is 24.4 Å². The van der Waals surface area contributed by atoms with Crippen LogP contribution in [-0.2, 0) is 5.41 Å². The van der Waals surface area contributed by atoms with E-state index in [1.54, 1.807) is 0 Å². The smallest absolute Gasteiger partial charge is 0.0905 e. The summed E-state index contributed by atoms with van der Waals surface area (Å²) < 4.78 is 0. The van der Waals surface area contributed by atoms with Gasteiger partial charge in [-0.3, -0.25) is 4.98 Å². The highest BCUT2D eigenvalue weighted by Crippen LogP contribution is 2.46. The van der Waals surface area contributed by atoms with Crippen molar-refractivity contribution in [2.24, 2.45) is 11.3 Å². The first kappa shape index (κ1) is 15.2. The molecule has 0 N–H and O–H groups in total. The predicted molar refractivity (Wildman–Crippen MR) is 86.2 cm³/mol. The van der Waals surface area contributed by atoms with Gasteiger partial charge < -0.3 is 0 Å². The summed E-state index contributed by atoms with van der Waals surface area (Å²) in [6.07, 6.45) is 1.92. The summed E-state index contributed by atoms with van der Waals surface area (Å²) in [6, 6.07) is 5.65. The molecule has 0 bridgehead atoms. The molecule has 1 atom stereocenters. The zero-order chi connectivity index (χ0) is 15.1. The van der Waals surface area contributed by atoms with Crippen molar-refractivity contribution in [1.29, 1.82) is 0 Å². The average Bonchev–Trinajstić information content (AvgIpc) is 2.35. The molecule has 0 amide bonds. The quantitative estimate of drug-likeness (QED) is 0.755. The first-order valence-corrected chi connectivity index (χ1v) is 7.47. The molecular weight excluding hydrogens is 268 g/mol. The van der Waals surface area contributed by atoms with Gasteiger partial charge in [0.2, 0.25) is 0 Å². The van der Waals surface area contributed by atoms with Gasteiger partial charge in [0.15, 0.2) is 0 Å². The summed E-state index contributed by atoms with van der Waals surface area (Å²) in [5.41, 5.74) is 2.84. The maximum absolute atomic E-state index is 6.07. The first-order chi connectivity index (χ1) is 9.16. The van der Waals surface area contributed by atoms with Crippen molar-refractivity contribution in [2.45, 2.75) is 47.0 Å². The van der Waals surface area contributed by atoms with E-state index in [-0.39, 0.29) is 10.8 Å². The Balaban J connectivity index is 2.66. The van der Waals surface area contributed by atoms with Crippen molar-refractivity contribution < 1.29 is 0 Å². The Morgan fingerprint density at radius 3 is 2.25 bits per heavy atom. The highest BCUT2D eigenvalue weighted by Gasteiger charge is 2.43. The number of hydrogen-bond acceptors (Lipinski definition) is 2. The molecule has 2 rings (SSSR count). The number of halogens is 1. The largest absolute Gasteiger partial charge is 0.253 e. The third-order valence-electron chi connectivity index (χ3n) is 4.75. The maximum Gasteiger partial charge on any atom is 0.0905 e. The third kappa shape index (κ3) is 2.42. The highest BCUT2D eigenvalue weighted by molar-refractivity contribution is 6.31. The average molecular weight is 291 g/mol. The monoisotopic (exact) mass is 290 g/mol. The van der Waals surface area contributed by atoms with Gasteiger partial charge in [0, 0.05) is 16.6 Å². The lowest BCUT2D eigenvalue weighted by atomic mass is 9.60. The molecule has 0 saturated heterocycles. The fraction of sp³-hybridized carbons (Fsp3) is 0.529. The van der Waals surface area contributed by atoms with Crippen molar-refractivity contribution in [1.82, 2.24) is 9.97 Å². The molecule has 0 spiro atoms. The molecule has 20 heavy (non-hydrogen) atoms. The number of aromatic nitrogens is 2. The van der Waals surface area contributed by atoms with Crippen LogP contribution < -0.4 is 0 Å². The zero-order valence-electron chi connectivity index (χ0n) is 13.2. The van der Waals surface area contributed by atoms with Crippen molar-refractivity contribution in [2.75, 3.05) is 0 Å². The molecule has 0 aliphatic heterocycles. The zero-order valence-corrected chi connectivity index (χ0v) is 13.9. The van der Waals surface area contributed by atoms with Crippen LogP contribution in [-0.4, -0.2) is 9.97 Å². The Bertz CT molecular complexity index is 628. The summed E-state index contributed by atoms with van der Waals surface area (Å²) in [5.74, 6) is 0.466. The van der Waals surface area contributed by atoms with Crippen molar-refractivity contribution in [3.8, 4) is 0 Å². The molecule has 2 aromatic rings. The lowest BCUT2D eigenvalue weighted by molar-refractivity contribution is 0.137. The molecule has 2 nitrogen and oxygen atoms in total. The Morgan fingerprint density at radius 1 is 1.05 bits per heavy atom. The van der Waals surface area contributed by atoms with E-state index in [0.717, 1.165) is 16.7 Å². The van der Waals surface area contributed by atoms with Crippen LogP contribution in [0.3, 0.4) is 0 Å². The summed E-state index contributed by atoms with van der Waals surface area (Å²) in [4.78, 5) is 9.41. The molecule has 0 saturated carbocycles. The molecule has 0 radical (unpaired) electrons. The Morgan fingerprint density at radius 2 is 1.70 bits per heavy atom. The molecule has 0 unspecified atom stereocenters. The van der Waals surface area contributed by atoms with Gasteiger partial charge in [0.1, 0.15) is 0 Å². The molecule has 108 valence electrons. The van der Waals surface area contributed by atoms with Crippen LogP contribution >= 0.6 is 11.6 Å². The molecule has 1 heterocycles. The van der Waals surface area contributed by atoms with Crippen LogP contribution in [0.5, 0.6) is 0 Å². The second kappa shape index (κ2) is 5.00. The van der Waals surface area contributed by atoms with E-state index in [1.165, 1.54) is 0 Å². The number of rotatable bonds is 2. The molecule has 0 fully saturated rings. The van der Waals surface area contributed by atoms with E-state index >= 15 is 0 Å². The van der Waals surface area contributed by atoms with Crippen molar-refractivity contribution >= 4 is 22.6 Å². The Labute approximate surface area is 126 Å². The van der Waals surface area contributed by atoms with Gasteiger partial charge in [-0.15, -0.1) is 0 Å². The van der Waals surface area contributed by atoms with Crippen molar-refractivity contribution in [3.05, 3.63) is 35.1 Å². The second-order valence-corrected chi connectivity index (χ2v) is 7.43. The van der Waals surface area contributed by atoms with Crippen LogP contribution in [0.1, 0.15) is 47.2 Å². The van der Waals surface area contributed by atoms with E-state index in [4.69, 9.17) is 16.6 Å². The minimum absolute atomic E-state index is 0.0451. The molecule has 1 aromatic carbocycles. The van der Waals surface area contributed by atoms with Gasteiger partial charge in [-0.2, -0.15) is 0 Å². The highest BCUT2D eigenvalue weighted by atomic mass is 35.5. The van der Waals surface area contributed by atoms with E-state index in [9.17, 15) is 0 Å². The SMILES string of the molecule is CC(C)[C@](C)(c1cnc2ccc(Cl)cc2n1)C(C)(C)C. The third-order valence-corrected chi connectivity index (χ3v) is 4.98. The molecular formula is C17H23ClN2. The summed E-state index contributed by atoms with van der Waals surface area (Å²) >= 11 is 6.07. The lowest BCUT2D eigenvalue weighted by Crippen LogP contribution is -2.42. The second-order valence-electron chi connectivity index (χ2n) is 7.00. The number of fused-ring (bicyclic) bond motifs is 1. The molecule has 3 heteroatoms. The van der Waals surface area contributed by atoms with Crippen LogP contribution in [0.15, 0.2) is 24.4 Å². The Kier molecular flexibility index (Phi) is 3.81. The number of hydrogen-bond donors (Lipinski definition) is 0. The standard InChI is InChI=1S/C17H23ClN2/c1-11(2)17(6,16(3,4)5)15-10-19-13-8-7-12(18)9-14(13)20-15/h7-11H,1-6H3/t17-/m1/s1. The van der Waals surface area contributed by atoms with Crippen LogP contribution in [0.4, 0.5) is 0 Å². The van der Waals surface area contributed by atoms with Crippen LogP contribution in [0, 0.1) is 11.3 Å². The van der Waals surface area contributed by atoms with Gasteiger partial charge in [-0.05, 0) is 29.5 Å². The molecule has 0 aliphatic rings. The van der Waals surface area contributed by atoms with E-state index in [0.29, 0.717) is 10.9 Å². The van der Waals surface area contributed by atoms with Gasteiger partial charge in [-0.25, -0.2) is 4.98 Å². The summed E-state index contributed by atoms with van der Waals surface area (Å²) in [5, 5.41) is 0.700. The van der Waals surface area contributed by atoms with Gasteiger partial charge in [0.25, 0.3) is 0 Å². The van der Waals surface area contributed by atoms with Gasteiger partial charge in [0.05, 0.1) is 16.7 Å². The van der Waals surface area contributed by atoms with Gasteiger partial charge >= 0.3 is 0 Å². The fourth-order valence-corrected chi connectivity index (χ4v) is 2.95. The maximum atomic E-state index is 6.07. The van der Waals surface area contributed by atoms with Gasteiger partial charge in [-0.1, -0.05) is 53.1 Å².